The van der Waals surface area contributed by atoms with Crippen molar-refractivity contribution in [2.24, 2.45) is 0 Å². The van der Waals surface area contributed by atoms with Gasteiger partial charge in [-0.25, -0.2) is 8.42 Å². The molecule has 37 heavy (non-hydrogen) atoms. The van der Waals surface area contributed by atoms with Crippen LogP contribution >= 0.6 is 0 Å². The lowest BCUT2D eigenvalue weighted by Gasteiger charge is -2.47. The molecule has 1 aliphatic heterocycles. The van der Waals surface area contributed by atoms with Gasteiger partial charge in [0.15, 0.2) is 5.72 Å². The second-order valence-corrected chi connectivity index (χ2v) is 11.5. The average Bonchev–Trinajstić information content (AvgIpc) is 3.30. The van der Waals surface area contributed by atoms with Gasteiger partial charge in [-0.2, -0.15) is 4.31 Å². The monoisotopic (exact) mass is 513 g/mol. The molecule has 0 radical (unpaired) electrons. The van der Waals surface area contributed by atoms with Crippen LogP contribution in [0.1, 0.15) is 35.2 Å². The van der Waals surface area contributed by atoms with Gasteiger partial charge in [0.05, 0.1) is 17.5 Å². The molecule has 0 aromatic heterocycles. The predicted molar refractivity (Wildman–Crippen MR) is 144 cm³/mol. The molecule has 1 fully saturated rings. The van der Waals surface area contributed by atoms with Gasteiger partial charge >= 0.3 is 0 Å². The molecule has 1 saturated heterocycles. The quantitative estimate of drug-likeness (QED) is 0.349. The SMILES string of the molecule is Cc1ccc(S(=O)(=O)N2[C@H](c3ccccc3)CO[C@@]2(C)[C@](O)(Cc2ccccc2)c2ccccc2)cc1. The van der Waals surface area contributed by atoms with Crippen molar-refractivity contribution in [3.63, 3.8) is 0 Å². The van der Waals surface area contributed by atoms with E-state index in [1.54, 1.807) is 31.2 Å². The fraction of sp³-hybridized carbons (Fsp3) is 0.226. The number of ether oxygens (including phenoxy) is 1. The van der Waals surface area contributed by atoms with Crippen molar-refractivity contribution in [1.29, 1.82) is 0 Å². The Morgan fingerprint density at radius 2 is 1.41 bits per heavy atom. The summed E-state index contributed by atoms with van der Waals surface area (Å²) < 4.78 is 36.6. The Labute approximate surface area is 219 Å². The highest BCUT2D eigenvalue weighted by atomic mass is 32.2. The van der Waals surface area contributed by atoms with Crippen LogP contribution in [-0.4, -0.2) is 30.2 Å². The van der Waals surface area contributed by atoms with Crippen LogP contribution in [0.5, 0.6) is 0 Å². The highest BCUT2D eigenvalue weighted by Gasteiger charge is 2.62. The molecule has 5 nitrogen and oxygen atoms in total. The fourth-order valence-electron chi connectivity index (χ4n) is 5.24. The summed E-state index contributed by atoms with van der Waals surface area (Å²) in [4.78, 5) is 0.158. The molecular weight excluding hydrogens is 482 g/mol. The summed E-state index contributed by atoms with van der Waals surface area (Å²) in [6, 6.07) is 34.4. The Hall–Kier alpha value is -3.29. The van der Waals surface area contributed by atoms with Gasteiger partial charge in [0.1, 0.15) is 5.60 Å². The first kappa shape index (κ1) is 25.4. The molecule has 4 aromatic rings. The van der Waals surface area contributed by atoms with Crippen molar-refractivity contribution in [3.8, 4) is 0 Å². The maximum absolute atomic E-state index is 14.4. The first-order valence-electron chi connectivity index (χ1n) is 12.4. The number of hydrogen-bond acceptors (Lipinski definition) is 4. The van der Waals surface area contributed by atoms with Gasteiger partial charge in [-0.05, 0) is 42.7 Å². The van der Waals surface area contributed by atoms with E-state index < -0.39 is 27.4 Å². The molecule has 1 heterocycles. The topological polar surface area (TPSA) is 66.8 Å². The van der Waals surface area contributed by atoms with Crippen LogP contribution in [0.2, 0.25) is 0 Å². The van der Waals surface area contributed by atoms with E-state index in [0.29, 0.717) is 5.56 Å². The Morgan fingerprint density at radius 3 is 2.00 bits per heavy atom. The standard InChI is InChI=1S/C31H31NO4S/c1-24-18-20-28(21-19-24)37(34,35)32-29(26-14-8-4-9-15-26)23-36-30(32,2)31(33,27-16-10-5-11-17-27)22-25-12-6-3-7-13-25/h3-21,29,33H,22-23H2,1-2H3/t29-,30-,31-/m0/s1. The van der Waals surface area contributed by atoms with Crippen molar-refractivity contribution in [3.05, 3.63) is 138 Å². The smallest absolute Gasteiger partial charge is 0.246 e. The minimum Gasteiger partial charge on any atom is -0.380 e. The zero-order chi connectivity index (χ0) is 26.1. The second kappa shape index (κ2) is 9.88. The van der Waals surface area contributed by atoms with Crippen molar-refractivity contribution in [2.75, 3.05) is 6.61 Å². The maximum Gasteiger partial charge on any atom is 0.246 e. The molecular formula is C31H31NO4S. The van der Waals surface area contributed by atoms with Crippen LogP contribution in [0.15, 0.2) is 120 Å². The molecule has 6 heteroatoms. The fourth-order valence-corrected chi connectivity index (χ4v) is 7.13. The van der Waals surface area contributed by atoms with E-state index in [4.69, 9.17) is 4.74 Å². The number of nitrogens with zero attached hydrogens (tertiary/aromatic N) is 1. The highest BCUT2D eigenvalue weighted by Crippen LogP contribution is 2.51. The summed E-state index contributed by atoms with van der Waals surface area (Å²) in [5.74, 6) is 0. The van der Waals surface area contributed by atoms with Gasteiger partial charge in [-0.15, -0.1) is 0 Å². The van der Waals surface area contributed by atoms with E-state index >= 15 is 0 Å². The van der Waals surface area contributed by atoms with Crippen LogP contribution in [0.4, 0.5) is 0 Å². The molecule has 0 saturated carbocycles. The van der Waals surface area contributed by atoms with Crippen LogP contribution in [-0.2, 0) is 26.8 Å². The molecule has 0 bridgehead atoms. The van der Waals surface area contributed by atoms with E-state index in [1.807, 2.05) is 97.9 Å². The third-order valence-electron chi connectivity index (χ3n) is 7.31. The number of benzene rings is 4. The van der Waals surface area contributed by atoms with Gasteiger partial charge < -0.3 is 9.84 Å². The van der Waals surface area contributed by atoms with E-state index in [9.17, 15) is 13.5 Å². The first-order valence-corrected chi connectivity index (χ1v) is 13.8. The molecule has 0 aliphatic carbocycles. The van der Waals surface area contributed by atoms with Crippen molar-refractivity contribution >= 4 is 10.0 Å². The number of aryl methyl sites for hydroxylation is 1. The number of rotatable bonds is 7. The molecule has 0 amide bonds. The zero-order valence-electron chi connectivity index (χ0n) is 21.0. The second-order valence-electron chi connectivity index (χ2n) is 9.72. The molecule has 3 atom stereocenters. The molecule has 0 spiro atoms. The Bertz CT molecular complexity index is 1440. The normalized spacial score (nSPS) is 22.0. The van der Waals surface area contributed by atoms with Crippen molar-refractivity contribution in [1.82, 2.24) is 4.31 Å². The molecule has 1 N–H and O–H groups in total. The Kier molecular flexibility index (Phi) is 6.77. The molecule has 4 aromatic carbocycles. The molecule has 5 rings (SSSR count). The van der Waals surface area contributed by atoms with E-state index in [0.717, 1.165) is 16.7 Å². The first-order chi connectivity index (χ1) is 17.8. The van der Waals surface area contributed by atoms with Gasteiger partial charge in [-0.3, -0.25) is 0 Å². The highest BCUT2D eigenvalue weighted by molar-refractivity contribution is 7.89. The van der Waals surface area contributed by atoms with Gasteiger partial charge in [-0.1, -0.05) is 109 Å². The van der Waals surface area contributed by atoms with Crippen LogP contribution in [0.3, 0.4) is 0 Å². The van der Waals surface area contributed by atoms with Crippen LogP contribution in [0, 0.1) is 6.92 Å². The van der Waals surface area contributed by atoms with E-state index in [-0.39, 0.29) is 17.9 Å². The van der Waals surface area contributed by atoms with Crippen LogP contribution in [0.25, 0.3) is 0 Å². The molecule has 1 aliphatic rings. The lowest BCUT2D eigenvalue weighted by Crippen LogP contribution is -2.61. The van der Waals surface area contributed by atoms with Crippen molar-refractivity contribution in [2.45, 2.75) is 42.5 Å². The lowest BCUT2D eigenvalue weighted by molar-refractivity contribution is -0.194. The molecule has 0 unspecified atom stereocenters. The summed E-state index contributed by atoms with van der Waals surface area (Å²) in [6.07, 6.45) is 0.162. The van der Waals surface area contributed by atoms with Gasteiger partial charge in [0.2, 0.25) is 10.0 Å². The summed E-state index contributed by atoms with van der Waals surface area (Å²) in [5, 5.41) is 12.7. The third kappa shape index (κ3) is 4.51. The summed E-state index contributed by atoms with van der Waals surface area (Å²) in [5.41, 5.74) is -0.0969. The minimum atomic E-state index is -4.10. The number of hydrogen-bond donors (Lipinski definition) is 1. The van der Waals surface area contributed by atoms with Crippen LogP contribution < -0.4 is 0 Å². The summed E-state index contributed by atoms with van der Waals surface area (Å²) in [6.45, 7) is 3.72. The zero-order valence-corrected chi connectivity index (χ0v) is 21.8. The van der Waals surface area contributed by atoms with E-state index in [1.165, 1.54) is 4.31 Å². The summed E-state index contributed by atoms with van der Waals surface area (Å²) in [7, 11) is -4.10. The van der Waals surface area contributed by atoms with Crippen molar-refractivity contribution < 1.29 is 18.3 Å². The lowest BCUT2D eigenvalue weighted by atomic mass is 9.79. The molecule has 190 valence electrons. The third-order valence-corrected chi connectivity index (χ3v) is 9.30. The van der Waals surface area contributed by atoms with Gasteiger partial charge in [0, 0.05) is 6.42 Å². The summed E-state index contributed by atoms with van der Waals surface area (Å²) >= 11 is 0. The average molecular weight is 514 g/mol. The Morgan fingerprint density at radius 1 is 0.865 bits per heavy atom. The minimum absolute atomic E-state index is 0.107. The maximum atomic E-state index is 14.4. The Balaban J connectivity index is 1.72. The number of sulfonamides is 1. The van der Waals surface area contributed by atoms with E-state index in [2.05, 4.69) is 0 Å². The predicted octanol–water partition coefficient (Wildman–Crippen LogP) is 5.60. The van der Waals surface area contributed by atoms with Gasteiger partial charge in [0.25, 0.3) is 0 Å². The number of aliphatic hydroxyl groups is 1. The largest absolute Gasteiger partial charge is 0.380 e.